The Hall–Kier alpha value is -3.13. The first-order valence-corrected chi connectivity index (χ1v) is 11.4. The molecule has 3 unspecified atom stereocenters. The highest BCUT2D eigenvalue weighted by molar-refractivity contribution is 8.00. The van der Waals surface area contributed by atoms with Crippen LogP contribution < -0.4 is 11.1 Å². The fourth-order valence-electron chi connectivity index (χ4n) is 2.93. The first kappa shape index (κ1) is 23.5. The molecule has 0 spiro atoms. The number of nitrogens with zero attached hydrogens (tertiary/aromatic N) is 3. The number of amides is 2. The maximum atomic E-state index is 12.7. The zero-order valence-electron chi connectivity index (χ0n) is 17.4. The second kappa shape index (κ2) is 9.99. The Morgan fingerprint density at radius 2 is 2.16 bits per heavy atom. The van der Waals surface area contributed by atoms with Crippen molar-refractivity contribution in [1.82, 2.24) is 15.2 Å². The quantitative estimate of drug-likeness (QED) is 0.172. The number of fused-ring (bicyclic) bond motifs is 1. The van der Waals surface area contributed by atoms with Crippen LogP contribution in [0.5, 0.6) is 0 Å². The summed E-state index contributed by atoms with van der Waals surface area (Å²) in [4.78, 5) is 59.3. The normalized spacial score (nSPS) is 21.0. The van der Waals surface area contributed by atoms with Crippen LogP contribution in [0, 0.1) is 0 Å². The molecule has 0 bridgehead atoms. The van der Waals surface area contributed by atoms with Gasteiger partial charge in [-0.1, -0.05) is 12.1 Å². The molecule has 2 aliphatic rings. The minimum Gasteiger partial charge on any atom is -0.425 e. The second-order valence-corrected chi connectivity index (χ2v) is 8.52. The van der Waals surface area contributed by atoms with Gasteiger partial charge in [0.2, 0.25) is 6.29 Å². The fourth-order valence-corrected chi connectivity index (χ4v) is 4.68. The molecule has 2 aliphatic heterocycles. The van der Waals surface area contributed by atoms with Crippen molar-refractivity contribution < 1.29 is 33.5 Å². The Labute approximate surface area is 191 Å². The van der Waals surface area contributed by atoms with E-state index >= 15 is 0 Å². The van der Waals surface area contributed by atoms with Crippen molar-refractivity contribution in [2.75, 3.05) is 18.6 Å². The van der Waals surface area contributed by atoms with Crippen molar-refractivity contribution >= 4 is 57.7 Å². The monoisotopic (exact) mass is 483 g/mol. The van der Waals surface area contributed by atoms with Gasteiger partial charge in [0.15, 0.2) is 10.8 Å². The first-order valence-electron chi connectivity index (χ1n) is 9.45. The number of aromatic nitrogens is 1. The maximum absolute atomic E-state index is 12.7. The van der Waals surface area contributed by atoms with Gasteiger partial charge in [-0.15, -0.1) is 23.1 Å². The summed E-state index contributed by atoms with van der Waals surface area (Å²) in [6, 6.07) is -0.891. The number of ether oxygens (including phenoxy) is 2. The topological polar surface area (TPSA) is 163 Å². The molecule has 32 heavy (non-hydrogen) atoms. The Balaban J connectivity index is 1.66. The van der Waals surface area contributed by atoms with E-state index in [9.17, 15) is 19.2 Å². The molecule has 3 atom stereocenters. The van der Waals surface area contributed by atoms with Crippen LogP contribution in [-0.4, -0.2) is 69.9 Å². The number of nitrogen functional groups attached to an aromatic ring is 1. The van der Waals surface area contributed by atoms with E-state index in [0.29, 0.717) is 5.75 Å². The van der Waals surface area contributed by atoms with Crippen LogP contribution >= 0.6 is 23.1 Å². The molecule has 14 heteroatoms. The van der Waals surface area contributed by atoms with E-state index in [0.717, 1.165) is 11.3 Å². The number of hydrogen-bond donors (Lipinski definition) is 2. The number of esters is 2. The van der Waals surface area contributed by atoms with Gasteiger partial charge < -0.3 is 25.4 Å². The van der Waals surface area contributed by atoms with Crippen molar-refractivity contribution in [2.24, 2.45) is 5.16 Å². The molecular weight excluding hydrogens is 462 g/mol. The number of carbonyl (C=O) groups is 4. The van der Waals surface area contributed by atoms with Crippen molar-refractivity contribution in [2.45, 2.75) is 38.0 Å². The molecule has 12 nitrogen and oxygen atoms in total. The molecule has 2 amide bonds. The Bertz CT molecular complexity index is 992. The minimum atomic E-state index is -1.10. The van der Waals surface area contributed by atoms with E-state index in [1.807, 2.05) is 0 Å². The lowest BCUT2D eigenvalue weighted by molar-refractivity contribution is -0.183. The maximum Gasteiger partial charge on any atom is 0.357 e. The number of nitrogens with one attached hydrogen (secondary N) is 1. The number of β-lactam (4-membered cyclic amide) rings is 1. The lowest BCUT2D eigenvalue weighted by atomic mass is 10.0. The van der Waals surface area contributed by atoms with Crippen LogP contribution in [0.2, 0.25) is 0 Å². The summed E-state index contributed by atoms with van der Waals surface area (Å²) in [7, 11) is 1.28. The third kappa shape index (κ3) is 4.85. The largest absolute Gasteiger partial charge is 0.425 e. The number of nitrogens with two attached hydrogens (primary N) is 1. The average molecular weight is 484 g/mol. The minimum absolute atomic E-state index is 0.0294. The number of rotatable bonds is 8. The Morgan fingerprint density at radius 1 is 1.41 bits per heavy atom. The molecular formula is C18H21N5O7S2. The summed E-state index contributed by atoms with van der Waals surface area (Å²) in [5, 5.41) is 7.57. The highest BCUT2D eigenvalue weighted by Gasteiger charge is 2.53. The van der Waals surface area contributed by atoms with E-state index in [-0.39, 0.29) is 28.7 Å². The third-order valence-electron chi connectivity index (χ3n) is 4.36. The van der Waals surface area contributed by atoms with Crippen LogP contribution in [0.3, 0.4) is 0 Å². The molecule has 0 aliphatic carbocycles. The molecule has 3 N–H and O–H groups in total. The average Bonchev–Trinajstić information content (AvgIpc) is 3.20. The molecule has 1 fully saturated rings. The van der Waals surface area contributed by atoms with Crippen LogP contribution in [0.25, 0.3) is 0 Å². The molecule has 3 heterocycles. The van der Waals surface area contributed by atoms with Crippen molar-refractivity contribution in [3.8, 4) is 0 Å². The number of anilines is 1. The number of carbonyl (C=O) groups excluding carboxylic acids is 4. The van der Waals surface area contributed by atoms with Gasteiger partial charge >= 0.3 is 11.9 Å². The molecule has 1 saturated heterocycles. The van der Waals surface area contributed by atoms with Gasteiger partial charge in [-0.2, -0.15) is 0 Å². The summed E-state index contributed by atoms with van der Waals surface area (Å²) in [5.74, 6) is -2.07. The SMILES string of the molecule is CCC(=O)OC(C)OC(=O)C1=CCSC2C(NC(=O)/C(=N/OC)c3csc(N)n3)C(=O)N12. The van der Waals surface area contributed by atoms with Crippen molar-refractivity contribution in [1.29, 1.82) is 0 Å². The van der Waals surface area contributed by atoms with Gasteiger partial charge in [-0.25, -0.2) is 9.78 Å². The Kier molecular flexibility index (Phi) is 7.35. The third-order valence-corrected chi connectivity index (χ3v) is 6.22. The highest BCUT2D eigenvalue weighted by Crippen LogP contribution is 2.38. The molecule has 3 rings (SSSR count). The van der Waals surface area contributed by atoms with Crippen LogP contribution in [-0.2, 0) is 33.5 Å². The summed E-state index contributed by atoms with van der Waals surface area (Å²) in [6.45, 7) is 3.02. The predicted molar refractivity (Wildman–Crippen MR) is 115 cm³/mol. The molecule has 0 aromatic carbocycles. The standard InChI is InChI=1S/C18H21N5O7S2/c1-4-11(24)29-8(2)30-17(27)10-5-6-31-16-13(15(26)23(10)16)21-14(25)12(22-28-3)9-7-32-18(19)20-9/h5,7-8,13,16H,4,6H2,1-3H3,(H2,19,20)(H,21,25)/b22-12+. The van der Waals surface area contributed by atoms with E-state index in [2.05, 4.69) is 15.5 Å². The van der Waals surface area contributed by atoms with E-state index in [4.69, 9.17) is 20.0 Å². The summed E-state index contributed by atoms with van der Waals surface area (Å²) in [6.07, 6.45) is 0.579. The number of thioether (sulfide) groups is 1. The molecule has 0 radical (unpaired) electrons. The fraction of sp³-hybridized carbons (Fsp3) is 0.444. The highest BCUT2D eigenvalue weighted by atomic mass is 32.2. The molecule has 1 aromatic rings. The Morgan fingerprint density at radius 3 is 2.78 bits per heavy atom. The zero-order valence-corrected chi connectivity index (χ0v) is 19.0. The number of thiazole rings is 1. The van der Waals surface area contributed by atoms with Gasteiger partial charge in [-0.3, -0.25) is 19.3 Å². The first-order chi connectivity index (χ1) is 15.3. The predicted octanol–water partition coefficient (Wildman–Crippen LogP) is 0.202. The summed E-state index contributed by atoms with van der Waals surface area (Å²) in [5.41, 5.74) is 5.72. The molecule has 0 saturated carbocycles. The van der Waals surface area contributed by atoms with Crippen LogP contribution in [0.15, 0.2) is 22.3 Å². The second-order valence-electron chi connectivity index (χ2n) is 6.48. The van der Waals surface area contributed by atoms with E-state index in [1.165, 1.54) is 30.7 Å². The number of hydrogen-bond acceptors (Lipinski definition) is 12. The lowest BCUT2D eigenvalue weighted by Gasteiger charge is -2.48. The van der Waals surface area contributed by atoms with Gasteiger partial charge in [0.25, 0.3) is 11.8 Å². The van der Waals surface area contributed by atoms with Crippen molar-refractivity contribution in [3.05, 3.63) is 22.8 Å². The van der Waals surface area contributed by atoms with Crippen molar-refractivity contribution in [3.63, 3.8) is 0 Å². The van der Waals surface area contributed by atoms with Crippen LogP contribution in [0.1, 0.15) is 26.0 Å². The van der Waals surface area contributed by atoms with Crippen LogP contribution in [0.4, 0.5) is 5.13 Å². The van der Waals surface area contributed by atoms with Gasteiger partial charge in [-0.05, 0) is 6.08 Å². The van der Waals surface area contributed by atoms with E-state index < -0.39 is 41.5 Å². The van der Waals surface area contributed by atoms with Gasteiger partial charge in [0.1, 0.15) is 29.9 Å². The van der Waals surface area contributed by atoms with E-state index in [1.54, 1.807) is 18.4 Å². The lowest BCUT2D eigenvalue weighted by Crippen LogP contribution is -2.70. The summed E-state index contributed by atoms with van der Waals surface area (Å²) < 4.78 is 10.0. The zero-order chi connectivity index (χ0) is 23.4. The van der Waals surface area contributed by atoms with Gasteiger partial charge in [0, 0.05) is 24.5 Å². The smallest absolute Gasteiger partial charge is 0.357 e. The molecule has 1 aromatic heterocycles. The van der Waals surface area contributed by atoms with Gasteiger partial charge in [0.05, 0.1) is 0 Å². The molecule has 172 valence electrons. The summed E-state index contributed by atoms with van der Waals surface area (Å²) >= 11 is 2.49. The number of oxime groups is 1.